The van der Waals surface area contributed by atoms with E-state index in [4.69, 9.17) is 0 Å². The first-order valence-electron chi connectivity index (χ1n) is 12.5. The number of benzene rings is 1. The summed E-state index contributed by atoms with van der Waals surface area (Å²) in [5.74, 6) is 5.31. The summed E-state index contributed by atoms with van der Waals surface area (Å²) in [6, 6.07) is 15.3. The molecule has 1 aromatic heterocycles. The fraction of sp³-hybridized carbons (Fsp3) is 0.379. The summed E-state index contributed by atoms with van der Waals surface area (Å²) in [6.07, 6.45) is 8.40. The van der Waals surface area contributed by atoms with Gasteiger partial charge < -0.3 is 10.2 Å². The highest BCUT2D eigenvalue weighted by Gasteiger charge is 2.55. The molecular formula is C29H32N4O3. The number of amides is 4. The number of aromatic nitrogens is 1. The zero-order valence-corrected chi connectivity index (χ0v) is 20.7. The van der Waals surface area contributed by atoms with Crippen LogP contribution in [0.5, 0.6) is 0 Å². The van der Waals surface area contributed by atoms with Crippen molar-refractivity contribution in [2.45, 2.75) is 44.6 Å². The van der Waals surface area contributed by atoms with Crippen LogP contribution in [0, 0.1) is 17.8 Å². The van der Waals surface area contributed by atoms with Gasteiger partial charge in [0.25, 0.3) is 5.91 Å². The molecule has 3 heterocycles. The Labute approximate surface area is 212 Å². The molecule has 2 aliphatic heterocycles. The monoisotopic (exact) mass is 484 g/mol. The Balaban J connectivity index is 1.44. The number of hydrogen-bond acceptors (Lipinski definition) is 4. The molecule has 2 aliphatic rings. The summed E-state index contributed by atoms with van der Waals surface area (Å²) in [5, 5.41) is 3.07. The molecule has 0 spiro atoms. The maximum absolute atomic E-state index is 13.6. The van der Waals surface area contributed by atoms with E-state index in [0.29, 0.717) is 32.4 Å². The van der Waals surface area contributed by atoms with Gasteiger partial charge >= 0.3 is 6.03 Å². The van der Waals surface area contributed by atoms with Crippen molar-refractivity contribution in [2.75, 3.05) is 19.6 Å². The Hall–Kier alpha value is -3.92. The molecule has 0 radical (unpaired) electrons. The van der Waals surface area contributed by atoms with Gasteiger partial charge in [0, 0.05) is 25.4 Å². The number of carbonyl (C=O) groups excluding carboxylic acids is 3. The quantitative estimate of drug-likeness (QED) is 0.352. The molecule has 1 aromatic carbocycles. The standard InChI is InChI=1S/C29H32N4O3/c1-2-3-20-33-27(35)29(31-28(33)36,18-9-12-23-10-5-4-6-11-23)24-16-21-32(22-17-24)26(34)15-14-25-13-7-8-19-30-25/h4-8,10-11,13-15,19,24H,9,12,16-18,20-22H2,1H3,(H,31,36)/b15-14+/t29-/m1/s1. The molecule has 0 bridgehead atoms. The van der Waals surface area contributed by atoms with Crippen LogP contribution in [-0.4, -0.2) is 57.8 Å². The second-order valence-electron chi connectivity index (χ2n) is 9.25. The summed E-state index contributed by atoms with van der Waals surface area (Å²) in [7, 11) is 0. The van der Waals surface area contributed by atoms with Crippen molar-refractivity contribution >= 4 is 23.9 Å². The minimum absolute atomic E-state index is 0.0480. The molecule has 7 heteroatoms. The van der Waals surface area contributed by atoms with E-state index in [1.54, 1.807) is 30.2 Å². The van der Waals surface area contributed by atoms with Gasteiger partial charge in [-0.2, -0.15) is 0 Å². The molecule has 0 saturated carbocycles. The molecule has 7 nitrogen and oxygen atoms in total. The third-order valence-corrected chi connectivity index (χ3v) is 7.08. The van der Waals surface area contributed by atoms with Crippen LogP contribution in [0.4, 0.5) is 4.79 Å². The van der Waals surface area contributed by atoms with Crippen molar-refractivity contribution in [3.05, 3.63) is 72.1 Å². The summed E-state index contributed by atoms with van der Waals surface area (Å²) < 4.78 is 0. The van der Waals surface area contributed by atoms with Gasteiger partial charge in [-0.05, 0) is 68.7 Å². The van der Waals surface area contributed by atoms with Crippen LogP contribution in [0.3, 0.4) is 0 Å². The average Bonchev–Trinajstić information content (AvgIpc) is 3.16. The number of pyridine rings is 1. The van der Waals surface area contributed by atoms with E-state index in [0.717, 1.165) is 18.5 Å². The normalized spacial score (nSPS) is 20.4. The SMILES string of the molecule is CC#CCN1C(=O)N[C@](CCCc2ccccc2)(C2CCN(C(=O)/C=C/c3ccccn3)CC2)C1=O. The van der Waals surface area contributed by atoms with Crippen molar-refractivity contribution in [3.8, 4) is 11.8 Å². The average molecular weight is 485 g/mol. The number of nitrogens with one attached hydrogen (secondary N) is 1. The highest BCUT2D eigenvalue weighted by molar-refractivity contribution is 6.07. The maximum atomic E-state index is 13.6. The summed E-state index contributed by atoms with van der Waals surface area (Å²) in [6.45, 7) is 2.86. The number of rotatable bonds is 8. The van der Waals surface area contributed by atoms with E-state index in [9.17, 15) is 14.4 Å². The van der Waals surface area contributed by atoms with Gasteiger partial charge in [0.15, 0.2) is 0 Å². The van der Waals surface area contributed by atoms with Crippen LogP contribution in [0.1, 0.15) is 43.9 Å². The van der Waals surface area contributed by atoms with Crippen LogP contribution < -0.4 is 5.32 Å². The topological polar surface area (TPSA) is 82.6 Å². The predicted octanol–water partition coefficient (Wildman–Crippen LogP) is 3.67. The number of nitrogens with zero attached hydrogens (tertiary/aromatic N) is 3. The zero-order valence-electron chi connectivity index (χ0n) is 20.7. The molecule has 0 aliphatic carbocycles. The lowest BCUT2D eigenvalue weighted by Gasteiger charge is -2.40. The van der Waals surface area contributed by atoms with Gasteiger partial charge in [0.05, 0.1) is 12.2 Å². The minimum Gasteiger partial charge on any atom is -0.339 e. The molecule has 0 unspecified atom stereocenters. The molecule has 2 aromatic rings. The summed E-state index contributed by atoms with van der Waals surface area (Å²) in [4.78, 5) is 46.5. The Morgan fingerprint density at radius 2 is 1.89 bits per heavy atom. The number of aryl methyl sites for hydroxylation is 1. The van der Waals surface area contributed by atoms with Crippen LogP contribution in [0.15, 0.2) is 60.8 Å². The van der Waals surface area contributed by atoms with Crippen molar-refractivity contribution in [3.63, 3.8) is 0 Å². The van der Waals surface area contributed by atoms with Crippen LogP contribution >= 0.6 is 0 Å². The fourth-order valence-corrected chi connectivity index (χ4v) is 5.14. The molecule has 4 amide bonds. The first-order chi connectivity index (χ1) is 17.5. The second-order valence-corrected chi connectivity index (χ2v) is 9.25. The molecule has 2 fully saturated rings. The van der Waals surface area contributed by atoms with Crippen LogP contribution in [-0.2, 0) is 16.0 Å². The molecule has 2 saturated heterocycles. The van der Waals surface area contributed by atoms with Gasteiger partial charge in [-0.15, -0.1) is 5.92 Å². The lowest BCUT2D eigenvalue weighted by atomic mass is 9.74. The smallest absolute Gasteiger partial charge is 0.325 e. The largest absolute Gasteiger partial charge is 0.339 e. The fourth-order valence-electron chi connectivity index (χ4n) is 5.14. The molecular weight excluding hydrogens is 452 g/mol. The van der Waals surface area contributed by atoms with Gasteiger partial charge in [-0.1, -0.05) is 42.3 Å². The zero-order chi connectivity index (χ0) is 25.4. The number of piperidine rings is 1. The number of carbonyl (C=O) groups is 3. The maximum Gasteiger partial charge on any atom is 0.325 e. The molecule has 4 rings (SSSR count). The van der Waals surface area contributed by atoms with Crippen LogP contribution in [0.25, 0.3) is 6.08 Å². The van der Waals surface area contributed by atoms with Crippen LogP contribution in [0.2, 0.25) is 0 Å². The van der Waals surface area contributed by atoms with E-state index in [1.165, 1.54) is 10.5 Å². The number of likely N-dealkylation sites (tertiary alicyclic amines) is 1. The predicted molar refractivity (Wildman–Crippen MR) is 138 cm³/mol. The first kappa shape index (κ1) is 25.2. The van der Waals surface area contributed by atoms with Gasteiger partial charge in [0.2, 0.25) is 5.91 Å². The highest BCUT2D eigenvalue weighted by Crippen LogP contribution is 2.37. The van der Waals surface area contributed by atoms with Crippen molar-refractivity contribution in [2.24, 2.45) is 5.92 Å². The van der Waals surface area contributed by atoms with Gasteiger partial charge in [-0.25, -0.2) is 4.79 Å². The molecule has 1 N–H and O–H groups in total. The van der Waals surface area contributed by atoms with E-state index in [2.05, 4.69) is 34.3 Å². The van der Waals surface area contributed by atoms with E-state index in [-0.39, 0.29) is 30.3 Å². The number of hydrogen-bond donors (Lipinski definition) is 1. The van der Waals surface area contributed by atoms with E-state index < -0.39 is 5.54 Å². The van der Waals surface area contributed by atoms with Gasteiger partial charge in [-0.3, -0.25) is 19.5 Å². The number of urea groups is 1. The first-order valence-corrected chi connectivity index (χ1v) is 12.5. The Morgan fingerprint density at radius 3 is 2.58 bits per heavy atom. The molecule has 36 heavy (non-hydrogen) atoms. The lowest BCUT2D eigenvalue weighted by molar-refractivity contribution is -0.134. The summed E-state index contributed by atoms with van der Waals surface area (Å²) in [5.41, 5.74) is 0.978. The summed E-state index contributed by atoms with van der Waals surface area (Å²) >= 11 is 0. The van der Waals surface area contributed by atoms with E-state index >= 15 is 0 Å². The van der Waals surface area contributed by atoms with Gasteiger partial charge in [0.1, 0.15) is 5.54 Å². The molecule has 1 atom stereocenters. The minimum atomic E-state index is -0.958. The number of imide groups is 1. The van der Waals surface area contributed by atoms with Crippen molar-refractivity contribution < 1.29 is 14.4 Å². The van der Waals surface area contributed by atoms with Crippen molar-refractivity contribution in [1.82, 2.24) is 20.1 Å². The second kappa shape index (κ2) is 11.7. The third-order valence-electron chi connectivity index (χ3n) is 7.08. The van der Waals surface area contributed by atoms with E-state index in [1.807, 2.05) is 36.4 Å². The lowest BCUT2D eigenvalue weighted by Crippen LogP contribution is -2.56. The Bertz CT molecular complexity index is 1160. The molecule has 186 valence electrons. The Morgan fingerprint density at radius 1 is 1.14 bits per heavy atom. The van der Waals surface area contributed by atoms with Crippen molar-refractivity contribution in [1.29, 1.82) is 0 Å². The third kappa shape index (κ3) is 5.65. The Kier molecular flexibility index (Phi) is 8.17. The highest BCUT2D eigenvalue weighted by atomic mass is 16.2.